The third kappa shape index (κ3) is 9.47. The third-order valence-electron chi connectivity index (χ3n) is 4.72. The van der Waals surface area contributed by atoms with E-state index in [2.05, 4.69) is 10.6 Å². The second-order valence-corrected chi connectivity index (χ2v) is 7.68. The summed E-state index contributed by atoms with van der Waals surface area (Å²) in [5, 5.41) is 4.82. The Hall–Kier alpha value is -3.63. The van der Waals surface area contributed by atoms with Gasteiger partial charge in [-0.15, -0.1) is 0 Å². The lowest BCUT2D eigenvalue weighted by molar-refractivity contribution is -0.157. The molecule has 11 nitrogen and oxygen atoms in total. The van der Waals surface area contributed by atoms with Gasteiger partial charge in [0.25, 0.3) is 0 Å². The van der Waals surface area contributed by atoms with Crippen LogP contribution in [0.3, 0.4) is 0 Å². The molecular formula is C23H33N3O8. The molecule has 4 N–H and O–H groups in total. The summed E-state index contributed by atoms with van der Waals surface area (Å²) in [7, 11) is 0. The molecule has 0 aliphatic heterocycles. The predicted molar refractivity (Wildman–Crippen MR) is 121 cm³/mol. The second-order valence-electron chi connectivity index (χ2n) is 7.68. The van der Waals surface area contributed by atoms with E-state index in [0.29, 0.717) is 0 Å². The molecule has 188 valence electrons. The van der Waals surface area contributed by atoms with Gasteiger partial charge in [-0.1, -0.05) is 44.2 Å². The van der Waals surface area contributed by atoms with Gasteiger partial charge in [0, 0.05) is 0 Å². The SMILES string of the molecule is CCOC(=O)C[C@H](C(=O)OCC)[C@H](NC(=O)[C@H](NC(=O)OCc1ccccc1)C(C)C)C(N)=O. The van der Waals surface area contributed by atoms with Crippen molar-refractivity contribution in [1.82, 2.24) is 10.6 Å². The number of carbonyl (C=O) groups is 5. The predicted octanol–water partition coefficient (Wildman–Crippen LogP) is 1.04. The molecular weight excluding hydrogens is 446 g/mol. The number of nitrogens with one attached hydrogen (secondary N) is 2. The van der Waals surface area contributed by atoms with Crippen LogP contribution in [0.1, 0.15) is 39.7 Å². The second kappa shape index (κ2) is 14.5. The highest BCUT2D eigenvalue weighted by molar-refractivity contribution is 5.94. The minimum atomic E-state index is -1.57. The van der Waals surface area contributed by atoms with Gasteiger partial charge in [-0.2, -0.15) is 0 Å². The van der Waals surface area contributed by atoms with Gasteiger partial charge in [0.2, 0.25) is 11.8 Å². The van der Waals surface area contributed by atoms with Crippen LogP contribution < -0.4 is 16.4 Å². The molecule has 3 atom stereocenters. The van der Waals surface area contributed by atoms with Crippen LogP contribution in [-0.4, -0.2) is 55.1 Å². The van der Waals surface area contributed by atoms with Crippen molar-refractivity contribution in [2.45, 2.75) is 52.8 Å². The van der Waals surface area contributed by atoms with Crippen LogP contribution in [0.4, 0.5) is 4.79 Å². The Morgan fingerprint density at radius 2 is 1.50 bits per heavy atom. The fraction of sp³-hybridized carbons (Fsp3) is 0.522. The minimum Gasteiger partial charge on any atom is -0.466 e. The van der Waals surface area contributed by atoms with Crippen LogP contribution >= 0.6 is 0 Å². The van der Waals surface area contributed by atoms with Gasteiger partial charge in [-0.25, -0.2) is 4.79 Å². The number of rotatable bonds is 13. The number of hydrogen-bond donors (Lipinski definition) is 3. The molecule has 11 heteroatoms. The lowest BCUT2D eigenvalue weighted by Gasteiger charge is -2.27. The quantitative estimate of drug-likeness (QED) is 0.279. The van der Waals surface area contributed by atoms with Gasteiger partial charge in [-0.05, 0) is 25.3 Å². The van der Waals surface area contributed by atoms with Crippen molar-refractivity contribution < 1.29 is 38.2 Å². The summed E-state index contributed by atoms with van der Waals surface area (Å²) in [4.78, 5) is 61.8. The molecule has 1 rings (SSSR count). The molecule has 0 fully saturated rings. The van der Waals surface area contributed by atoms with E-state index >= 15 is 0 Å². The molecule has 0 bridgehead atoms. The lowest BCUT2D eigenvalue weighted by Crippen LogP contribution is -2.58. The van der Waals surface area contributed by atoms with Crippen LogP contribution in [0.15, 0.2) is 30.3 Å². The van der Waals surface area contributed by atoms with Crippen LogP contribution in [0.5, 0.6) is 0 Å². The normalized spacial score (nSPS) is 13.2. The molecule has 0 spiro atoms. The smallest absolute Gasteiger partial charge is 0.408 e. The molecule has 0 saturated carbocycles. The summed E-state index contributed by atoms with van der Waals surface area (Å²) >= 11 is 0. The highest BCUT2D eigenvalue weighted by atomic mass is 16.6. The molecule has 34 heavy (non-hydrogen) atoms. The van der Waals surface area contributed by atoms with Crippen molar-refractivity contribution in [1.29, 1.82) is 0 Å². The number of primary amides is 1. The largest absolute Gasteiger partial charge is 0.466 e. The zero-order chi connectivity index (χ0) is 25.7. The standard InChI is InChI=1S/C23H33N3O8/c1-5-32-17(27)12-16(22(30)33-6-2)19(20(24)28)25-21(29)18(14(3)4)26-23(31)34-13-15-10-8-7-9-11-15/h7-11,14,16,18-19H,5-6,12-13H2,1-4H3,(H2,24,28)(H,25,29)(H,26,31)/t16-,18+,19-/m0/s1. The molecule has 0 saturated heterocycles. The van der Waals surface area contributed by atoms with Gasteiger partial charge < -0.3 is 30.6 Å². The summed E-state index contributed by atoms with van der Waals surface area (Å²) in [6, 6.07) is 6.27. The van der Waals surface area contributed by atoms with Gasteiger partial charge >= 0.3 is 18.0 Å². The van der Waals surface area contributed by atoms with E-state index in [1.54, 1.807) is 52.0 Å². The number of esters is 2. The molecule has 1 aromatic rings. The van der Waals surface area contributed by atoms with Crippen molar-refractivity contribution >= 4 is 29.8 Å². The molecule has 0 aromatic heterocycles. The summed E-state index contributed by atoms with van der Waals surface area (Å²) in [6.45, 7) is 6.52. The Kier molecular flexibility index (Phi) is 12.1. The van der Waals surface area contributed by atoms with E-state index in [1.165, 1.54) is 0 Å². The number of alkyl carbamates (subject to hydrolysis) is 1. The number of carbonyl (C=O) groups excluding carboxylic acids is 5. The number of benzene rings is 1. The molecule has 3 amide bonds. The maximum atomic E-state index is 12.9. The van der Waals surface area contributed by atoms with Gasteiger partial charge in [0.05, 0.1) is 25.6 Å². The Bertz CT molecular complexity index is 844. The fourth-order valence-electron chi connectivity index (χ4n) is 3.03. The highest BCUT2D eigenvalue weighted by Crippen LogP contribution is 2.15. The zero-order valence-electron chi connectivity index (χ0n) is 19.9. The highest BCUT2D eigenvalue weighted by Gasteiger charge is 2.39. The van der Waals surface area contributed by atoms with Crippen molar-refractivity contribution in [3.8, 4) is 0 Å². The Morgan fingerprint density at radius 3 is 2.03 bits per heavy atom. The Morgan fingerprint density at radius 1 is 0.882 bits per heavy atom. The van der Waals surface area contributed by atoms with Crippen LogP contribution in [0.2, 0.25) is 0 Å². The first-order valence-corrected chi connectivity index (χ1v) is 11.0. The summed E-state index contributed by atoms with van der Waals surface area (Å²) < 4.78 is 15.0. The van der Waals surface area contributed by atoms with Crippen LogP contribution in [0.25, 0.3) is 0 Å². The molecule has 0 heterocycles. The lowest BCUT2D eigenvalue weighted by atomic mass is 9.94. The van der Waals surface area contributed by atoms with Crippen molar-refractivity contribution in [3.05, 3.63) is 35.9 Å². The number of hydrogen-bond acceptors (Lipinski definition) is 8. The van der Waals surface area contributed by atoms with Crippen LogP contribution in [-0.2, 0) is 40.0 Å². The Labute approximate surface area is 198 Å². The number of amides is 3. The first kappa shape index (κ1) is 28.4. The molecule has 0 radical (unpaired) electrons. The minimum absolute atomic E-state index is 0.00646. The topological polar surface area (TPSA) is 163 Å². The van der Waals surface area contributed by atoms with Crippen molar-refractivity contribution in [3.63, 3.8) is 0 Å². The average molecular weight is 480 g/mol. The van der Waals surface area contributed by atoms with Gasteiger partial charge in [-0.3, -0.25) is 19.2 Å². The summed E-state index contributed by atoms with van der Waals surface area (Å²) in [5.41, 5.74) is 6.19. The maximum Gasteiger partial charge on any atom is 0.408 e. The van der Waals surface area contributed by atoms with E-state index in [0.717, 1.165) is 5.56 Å². The third-order valence-corrected chi connectivity index (χ3v) is 4.72. The Balaban J connectivity index is 2.95. The van der Waals surface area contributed by atoms with E-state index < -0.39 is 60.2 Å². The first-order valence-electron chi connectivity index (χ1n) is 11.0. The van der Waals surface area contributed by atoms with E-state index in [9.17, 15) is 24.0 Å². The first-order chi connectivity index (χ1) is 16.1. The number of nitrogens with two attached hydrogens (primary N) is 1. The van der Waals surface area contributed by atoms with E-state index in [4.69, 9.17) is 19.9 Å². The summed E-state index contributed by atoms with van der Waals surface area (Å²) in [5.74, 6) is -5.30. The average Bonchev–Trinajstić information content (AvgIpc) is 2.78. The number of ether oxygens (including phenoxy) is 3. The van der Waals surface area contributed by atoms with E-state index in [1.807, 2.05) is 6.07 Å². The van der Waals surface area contributed by atoms with E-state index in [-0.39, 0.29) is 19.8 Å². The molecule has 0 unspecified atom stereocenters. The summed E-state index contributed by atoms with van der Waals surface area (Å²) in [6.07, 6.45) is -1.37. The fourth-order valence-corrected chi connectivity index (χ4v) is 3.03. The molecule has 0 aliphatic rings. The monoisotopic (exact) mass is 479 g/mol. The van der Waals surface area contributed by atoms with Gasteiger partial charge in [0.15, 0.2) is 0 Å². The van der Waals surface area contributed by atoms with Gasteiger partial charge in [0.1, 0.15) is 18.7 Å². The molecule has 1 aromatic carbocycles. The molecule has 0 aliphatic carbocycles. The van der Waals surface area contributed by atoms with Crippen molar-refractivity contribution in [2.24, 2.45) is 17.6 Å². The maximum absolute atomic E-state index is 12.9. The zero-order valence-corrected chi connectivity index (χ0v) is 19.9. The van der Waals surface area contributed by atoms with Crippen LogP contribution in [0, 0.1) is 11.8 Å². The van der Waals surface area contributed by atoms with Crippen molar-refractivity contribution in [2.75, 3.05) is 13.2 Å².